The Balaban J connectivity index is 1.30. The normalized spacial score (nSPS) is 20.2. The Morgan fingerprint density at radius 3 is 2.78 bits per heavy atom. The van der Waals surface area contributed by atoms with Gasteiger partial charge >= 0.3 is 0 Å². The van der Waals surface area contributed by atoms with Crippen molar-refractivity contribution in [2.45, 2.75) is 83.1 Å². The number of benzene rings is 1. The molecule has 4 heterocycles. The van der Waals surface area contributed by atoms with Gasteiger partial charge in [-0.25, -0.2) is 9.97 Å². The lowest BCUT2D eigenvalue weighted by molar-refractivity contribution is -0.122. The van der Waals surface area contributed by atoms with E-state index in [1.165, 1.54) is 0 Å². The third-order valence-corrected chi connectivity index (χ3v) is 8.56. The number of fused-ring (bicyclic) bond motifs is 3. The lowest BCUT2D eigenvalue weighted by Gasteiger charge is -2.29. The van der Waals surface area contributed by atoms with Crippen LogP contribution in [-0.4, -0.2) is 50.5 Å². The number of carbonyl (C=O) groups is 2. The zero-order valence-electron chi connectivity index (χ0n) is 26.2. The maximum Gasteiger partial charge on any atom is 0.230 e. The van der Waals surface area contributed by atoms with Crippen molar-refractivity contribution in [2.75, 3.05) is 24.1 Å². The number of amides is 2. The lowest BCUT2D eigenvalue weighted by atomic mass is 9.85. The number of anilines is 2. The van der Waals surface area contributed by atoms with Gasteiger partial charge in [-0.2, -0.15) is 0 Å². The molecule has 1 fully saturated rings. The summed E-state index contributed by atoms with van der Waals surface area (Å²) < 4.78 is 7.54. The van der Waals surface area contributed by atoms with E-state index in [1.54, 1.807) is 6.07 Å². The van der Waals surface area contributed by atoms with E-state index in [4.69, 9.17) is 15.2 Å². The Morgan fingerprint density at radius 2 is 2.00 bits per heavy atom. The molecule has 1 aliphatic heterocycles. The summed E-state index contributed by atoms with van der Waals surface area (Å²) in [5.41, 5.74) is 10.6. The molecule has 0 spiro atoms. The summed E-state index contributed by atoms with van der Waals surface area (Å²) in [5, 5.41) is 13.4. The smallest absolute Gasteiger partial charge is 0.230 e. The summed E-state index contributed by atoms with van der Waals surface area (Å²) in [6, 6.07) is 9.71. The molecule has 236 valence electrons. The van der Waals surface area contributed by atoms with Crippen molar-refractivity contribution in [1.29, 1.82) is 0 Å². The number of rotatable bonds is 4. The highest BCUT2D eigenvalue weighted by Crippen LogP contribution is 2.38. The van der Waals surface area contributed by atoms with Gasteiger partial charge in [0.15, 0.2) is 5.82 Å². The molecular weight excluding hydrogens is 568 g/mol. The number of imidazole rings is 1. The highest BCUT2D eigenvalue weighted by atomic mass is 16.5. The van der Waals surface area contributed by atoms with Crippen LogP contribution in [0.25, 0.3) is 22.9 Å². The molecule has 3 aromatic heterocycles. The van der Waals surface area contributed by atoms with Gasteiger partial charge in [-0.1, -0.05) is 62.7 Å². The molecule has 11 heteroatoms. The summed E-state index contributed by atoms with van der Waals surface area (Å²) >= 11 is 0. The molecule has 45 heavy (non-hydrogen) atoms. The van der Waals surface area contributed by atoms with Crippen LogP contribution in [0.4, 0.5) is 11.6 Å². The van der Waals surface area contributed by atoms with Crippen molar-refractivity contribution in [3.63, 3.8) is 0 Å². The van der Waals surface area contributed by atoms with Crippen molar-refractivity contribution in [3.05, 3.63) is 65.4 Å². The minimum Gasteiger partial charge on any atom is -0.382 e. The minimum absolute atomic E-state index is 0.0887. The zero-order valence-corrected chi connectivity index (χ0v) is 26.2. The standard InChI is InChI=1S/C34H42N8O3/c1-34(2,3)26-19-27(41-45-26)39-29(44)17-21-10-12-22(13-11-21)30-31-32(35)37-20-25-9-4-5-15-36-16-14-28(43)38-24-8-6-7-23(18-24)33(40-30)42(25)31/h4,9-13,19-20,23-24,36H,5-8,14-18H2,1-3H3,(H2,35,37)(H,38,43)(H,39,41,44)/b9-4+/t23-,24-/m1/s1. The Labute approximate surface area is 263 Å². The summed E-state index contributed by atoms with van der Waals surface area (Å²) in [6.45, 7) is 7.53. The van der Waals surface area contributed by atoms with E-state index in [2.05, 4.69) is 42.6 Å². The molecule has 11 nitrogen and oxygen atoms in total. The van der Waals surface area contributed by atoms with E-state index in [0.717, 1.165) is 72.5 Å². The van der Waals surface area contributed by atoms with Crippen molar-refractivity contribution < 1.29 is 14.1 Å². The molecule has 5 N–H and O–H groups in total. The van der Waals surface area contributed by atoms with Crippen LogP contribution in [-0.2, 0) is 21.4 Å². The fraction of sp³-hybridized carbons (Fsp3) is 0.441. The number of nitrogens with zero attached hydrogens (tertiary/aromatic N) is 4. The van der Waals surface area contributed by atoms with Crippen molar-refractivity contribution >= 4 is 35.0 Å². The number of nitrogen functional groups attached to an aromatic ring is 1. The number of hydrogen-bond donors (Lipinski definition) is 4. The second-order valence-corrected chi connectivity index (χ2v) is 13.1. The molecule has 2 aliphatic rings. The van der Waals surface area contributed by atoms with Gasteiger partial charge in [-0.05, 0) is 43.9 Å². The number of nitrogens with one attached hydrogen (secondary N) is 3. The topological polar surface area (TPSA) is 152 Å². The van der Waals surface area contributed by atoms with Gasteiger partial charge in [0.25, 0.3) is 0 Å². The van der Waals surface area contributed by atoms with E-state index in [0.29, 0.717) is 30.4 Å². The minimum atomic E-state index is -0.196. The molecule has 2 bridgehead atoms. The van der Waals surface area contributed by atoms with Crippen LogP contribution in [0.3, 0.4) is 0 Å². The van der Waals surface area contributed by atoms with Crippen LogP contribution in [0.1, 0.15) is 88.1 Å². The second kappa shape index (κ2) is 12.8. The van der Waals surface area contributed by atoms with Gasteiger partial charge in [-0.15, -0.1) is 0 Å². The molecule has 2 amide bonds. The summed E-state index contributed by atoms with van der Waals surface area (Å²) in [5.74, 6) is 2.53. The molecular formula is C34H42N8O3. The Bertz CT molecular complexity index is 1710. The third kappa shape index (κ3) is 6.93. The van der Waals surface area contributed by atoms with Gasteiger partial charge in [0.2, 0.25) is 11.8 Å². The summed E-state index contributed by atoms with van der Waals surface area (Å²) in [7, 11) is 0. The highest BCUT2D eigenvalue weighted by molar-refractivity contribution is 5.91. The van der Waals surface area contributed by atoms with Crippen molar-refractivity contribution in [1.82, 2.24) is 30.2 Å². The second-order valence-electron chi connectivity index (χ2n) is 13.1. The molecule has 0 radical (unpaired) electrons. The Kier molecular flexibility index (Phi) is 8.71. The van der Waals surface area contributed by atoms with Gasteiger partial charge in [0.1, 0.15) is 28.6 Å². The van der Waals surface area contributed by atoms with Crippen molar-refractivity contribution in [3.8, 4) is 11.3 Å². The van der Waals surface area contributed by atoms with Gasteiger partial charge in [0.05, 0.1) is 18.3 Å². The molecule has 6 rings (SSSR count). The maximum absolute atomic E-state index is 12.8. The average molecular weight is 611 g/mol. The first kappa shape index (κ1) is 30.5. The van der Waals surface area contributed by atoms with Crippen LogP contribution in [0.15, 0.2) is 47.1 Å². The first-order valence-electron chi connectivity index (χ1n) is 15.9. The molecule has 1 aromatic carbocycles. The monoisotopic (exact) mass is 610 g/mol. The van der Waals surface area contributed by atoms with E-state index < -0.39 is 0 Å². The highest BCUT2D eigenvalue weighted by Gasteiger charge is 2.30. The molecule has 4 aromatic rings. The Morgan fingerprint density at radius 1 is 1.18 bits per heavy atom. The number of aromatic nitrogens is 4. The summed E-state index contributed by atoms with van der Waals surface area (Å²) in [6.07, 6.45) is 11.3. The van der Waals surface area contributed by atoms with E-state index in [1.807, 2.05) is 51.2 Å². The SMILES string of the molecule is CC(C)(C)c1cc(NC(=O)Cc2ccc(-c3nc4n5c(cnc(N)c35)/C=C/CCNCCC(=O)N[C@@H]3CCC[C@@H]4C3)cc2)no1. The molecule has 1 aliphatic carbocycles. The van der Waals surface area contributed by atoms with Gasteiger partial charge in [0, 0.05) is 42.0 Å². The number of hydrogen-bond acceptors (Lipinski definition) is 8. The molecule has 0 saturated heterocycles. The van der Waals surface area contributed by atoms with Crippen LogP contribution in [0.5, 0.6) is 0 Å². The first-order valence-corrected chi connectivity index (χ1v) is 15.9. The predicted octanol–water partition coefficient (Wildman–Crippen LogP) is 4.98. The summed E-state index contributed by atoms with van der Waals surface area (Å²) in [4.78, 5) is 35.2. The maximum atomic E-state index is 12.8. The molecule has 1 saturated carbocycles. The first-order chi connectivity index (χ1) is 21.7. The fourth-order valence-corrected chi connectivity index (χ4v) is 6.19. The van der Waals surface area contributed by atoms with E-state index in [9.17, 15) is 9.59 Å². The van der Waals surface area contributed by atoms with Crippen LogP contribution in [0.2, 0.25) is 0 Å². The average Bonchev–Trinajstić information content (AvgIpc) is 3.64. The van der Waals surface area contributed by atoms with E-state index in [-0.39, 0.29) is 35.6 Å². The number of nitrogens with two attached hydrogens (primary N) is 1. The third-order valence-electron chi connectivity index (χ3n) is 8.56. The largest absolute Gasteiger partial charge is 0.382 e. The quantitative estimate of drug-likeness (QED) is 0.252. The van der Waals surface area contributed by atoms with Gasteiger partial charge in [-0.3, -0.25) is 14.0 Å². The van der Waals surface area contributed by atoms with Gasteiger partial charge < -0.3 is 26.2 Å². The molecule has 2 atom stereocenters. The van der Waals surface area contributed by atoms with Crippen LogP contribution >= 0.6 is 0 Å². The fourth-order valence-electron chi connectivity index (χ4n) is 6.19. The predicted molar refractivity (Wildman–Crippen MR) is 175 cm³/mol. The Hall–Kier alpha value is -4.51. The molecule has 0 unspecified atom stereocenters. The van der Waals surface area contributed by atoms with Crippen LogP contribution in [0, 0.1) is 0 Å². The van der Waals surface area contributed by atoms with E-state index >= 15 is 0 Å². The van der Waals surface area contributed by atoms with Crippen molar-refractivity contribution in [2.24, 2.45) is 0 Å². The van der Waals surface area contributed by atoms with Crippen LogP contribution < -0.4 is 21.7 Å². The lowest BCUT2D eigenvalue weighted by Crippen LogP contribution is -2.39. The zero-order chi connectivity index (χ0) is 31.6. The number of carbonyl (C=O) groups excluding carboxylic acids is 2.